The maximum Gasteiger partial charge on any atom is 0.0948 e. The van der Waals surface area contributed by atoms with Gasteiger partial charge in [-0.2, -0.15) is 0 Å². The predicted molar refractivity (Wildman–Crippen MR) is 77.3 cm³/mol. The summed E-state index contributed by atoms with van der Waals surface area (Å²) in [5.41, 5.74) is 1.42. The molecule has 1 aromatic rings. The van der Waals surface area contributed by atoms with Gasteiger partial charge in [-0.15, -0.1) is 0 Å². The van der Waals surface area contributed by atoms with Gasteiger partial charge in [-0.1, -0.05) is 6.42 Å². The Morgan fingerprint density at radius 3 is 2.95 bits per heavy atom. The van der Waals surface area contributed by atoms with Crippen LogP contribution >= 0.6 is 0 Å². The van der Waals surface area contributed by atoms with Gasteiger partial charge >= 0.3 is 0 Å². The lowest BCUT2D eigenvalue weighted by atomic mass is 10.00. The van der Waals surface area contributed by atoms with E-state index < -0.39 is 0 Å². The van der Waals surface area contributed by atoms with Gasteiger partial charge in [-0.05, 0) is 32.7 Å². The molecule has 1 atom stereocenters. The maximum atomic E-state index is 4.33. The summed E-state index contributed by atoms with van der Waals surface area (Å²) < 4.78 is 2.36. The van der Waals surface area contributed by atoms with Crippen molar-refractivity contribution < 1.29 is 0 Å². The Hall–Kier alpha value is -0.870. The molecule has 19 heavy (non-hydrogen) atoms. The Bertz CT molecular complexity index is 397. The second kappa shape index (κ2) is 6.06. The Morgan fingerprint density at radius 2 is 2.21 bits per heavy atom. The van der Waals surface area contributed by atoms with Crippen LogP contribution in [0.1, 0.15) is 44.2 Å². The zero-order valence-corrected chi connectivity index (χ0v) is 12.0. The standard InChI is InChI=1S/C15H26N4/c1-13-5-2-3-6-18(13)7-4-8-19-12-17-11-15(19)14-9-16-10-14/h11-14,16H,2-10H2,1H3. The Balaban J connectivity index is 1.48. The number of nitrogens with one attached hydrogen (secondary N) is 1. The van der Waals surface area contributed by atoms with Crippen molar-refractivity contribution in [3.05, 3.63) is 18.2 Å². The Kier molecular flexibility index (Phi) is 4.18. The first-order valence-electron chi connectivity index (χ1n) is 7.79. The summed E-state index contributed by atoms with van der Waals surface area (Å²) >= 11 is 0. The largest absolute Gasteiger partial charge is 0.334 e. The summed E-state index contributed by atoms with van der Waals surface area (Å²) in [6, 6.07) is 0.784. The van der Waals surface area contributed by atoms with Crippen molar-refractivity contribution in [3.63, 3.8) is 0 Å². The summed E-state index contributed by atoms with van der Waals surface area (Å²) in [5.74, 6) is 0.691. The van der Waals surface area contributed by atoms with Gasteiger partial charge in [-0.3, -0.25) is 0 Å². The third-order valence-electron chi connectivity index (χ3n) is 4.73. The van der Waals surface area contributed by atoms with Crippen LogP contribution in [0.4, 0.5) is 0 Å². The summed E-state index contributed by atoms with van der Waals surface area (Å²) in [7, 11) is 0. The molecule has 4 heteroatoms. The highest BCUT2D eigenvalue weighted by molar-refractivity contribution is 5.11. The molecule has 2 aliphatic rings. The van der Waals surface area contributed by atoms with Crippen LogP contribution < -0.4 is 5.32 Å². The molecule has 106 valence electrons. The number of imidazole rings is 1. The molecule has 0 radical (unpaired) electrons. The summed E-state index contributed by atoms with van der Waals surface area (Å²) in [6.07, 6.45) is 9.48. The molecule has 1 aromatic heterocycles. The van der Waals surface area contributed by atoms with Crippen molar-refractivity contribution in [2.75, 3.05) is 26.2 Å². The fraction of sp³-hybridized carbons (Fsp3) is 0.800. The van der Waals surface area contributed by atoms with E-state index in [0.717, 1.165) is 25.7 Å². The molecule has 0 spiro atoms. The lowest BCUT2D eigenvalue weighted by Gasteiger charge is -2.33. The van der Waals surface area contributed by atoms with Gasteiger partial charge < -0.3 is 14.8 Å². The summed E-state index contributed by atoms with van der Waals surface area (Å²) in [5, 5.41) is 3.34. The topological polar surface area (TPSA) is 33.1 Å². The third-order valence-corrected chi connectivity index (χ3v) is 4.73. The van der Waals surface area contributed by atoms with Crippen molar-refractivity contribution in [2.45, 2.75) is 51.1 Å². The molecule has 2 fully saturated rings. The molecule has 3 rings (SSSR count). The molecule has 1 N–H and O–H groups in total. The van der Waals surface area contributed by atoms with Gasteiger partial charge in [0, 0.05) is 50.0 Å². The first kappa shape index (κ1) is 13.1. The molecule has 3 heterocycles. The van der Waals surface area contributed by atoms with E-state index in [1.807, 2.05) is 6.33 Å². The number of piperidine rings is 1. The van der Waals surface area contributed by atoms with Crippen LogP contribution in [0.5, 0.6) is 0 Å². The fourth-order valence-electron chi connectivity index (χ4n) is 3.29. The van der Waals surface area contributed by atoms with Gasteiger partial charge in [0.25, 0.3) is 0 Å². The van der Waals surface area contributed by atoms with E-state index in [9.17, 15) is 0 Å². The van der Waals surface area contributed by atoms with Gasteiger partial charge in [0.1, 0.15) is 0 Å². The molecular weight excluding hydrogens is 236 g/mol. The first-order chi connectivity index (χ1) is 9.34. The SMILES string of the molecule is CC1CCCCN1CCCn1cncc1C1CNC1. The number of rotatable bonds is 5. The first-order valence-corrected chi connectivity index (χ1v) is 7.79. The number of aromatic nitrogens is 2. The average Bonchev–Trinajstić information content (AvgIpc) is 2.78. The van der Waals surface area contributed by atoms with Crippen molar-refractivity contribution in [3.8, 4) is 0 Å². The predicted octanol–water partition coefficient (Wildman–Crippen LogP) is 1.83. The molecule has 2 saturated heterocycles. The molecule has 1 unspecified atom stereocenters. The lowest BCUT2D eigenvalue weighted by molar-refractivity contribution is 0.156. The molecular formula is C15H26N4. The molecule has 0 bridgehead atoms. The Labute approximate surface area is 116 Å². The second-order valence-corrected chi connectivity index (χ2v) is 6.10. The minimum absolute atomic E-state index is 0.691. The van der Waals surface area contributed by atoms with Crippen LogP contribution in [-0.4, -0.2) is 46.7 Å². The van der Waals surface area contributed by atoms with Crippen molar-refractivity contribution in [1.29, 1.82) is 0 Å². The fourth-order valence-corrected chi connectivity index (χ4v) is 3.29. The number of hydrogen-bond acceptors (Lipinski definition) is 3. The monoisotopic (exact) mass is 262 g/mol. The van der Waals surface area contributed by atoms with Crippen LogP contribution in [0.25, 0.3) is 0 Å². The zero-order chi connectivity index (χ0) is 13.1. The Morgan fingerprint density at radius 1 is 1.32 bits per heavy atom. The van der Waals surface area contributed by atoms with E-state index in [1.54, 1.807) is 0 Å². The van der Waals surface area contributed by atoms with Crippen LogP contribution in [0, 0.1) is 0 Å². The van der Waals surface area contributed by atoms with Gasteiger partial charge in [0.15, 0.2) is 0 Å². The van der Waals surface area contributed by atoms with Crippen LogP contribution in [0.15, 0.2) is 12.5 Å². The number of hydrogen-bond donors (Lipinski definition) is 1. The van der Waals surface area contributed by atoms with E-state index in [2.05, 4.69) is 32.9 Å². The maximum absolute atomic E-state index is 4.33. The van der Waals surface area contributed by atoms with Crippen molar-refractivity contribution >= 4 is 0 Å². The summed E-state index contributed by atoms with van der Waals surface area (Å²) in [4.78, 5) is 6.98. The highest BCUT2D eigenvalue weighted by Crippen LogP contribution is 2.20. The smallest absolute Gasteiger partial charge is 0.0948 e. The third kappa shape index (κ3) is 3.00. The molecule has 2 aliphatic heterocycles. The van der Waals surface area contributed by atoms with E-state index in [-0.39, 0.29) is 0 Å². The molecule has 0 aromatic carbocycles. The highest BCUT2D eigenvalue weighted by Gasteiger charge is 2.22. The average molecular weight is 262 g/mol. The van der Waals surface area contributed by atoms with Crippen molar-refractivity contribution in [1.82, 2.24) is 19.8 Å². The van der Waals surface area contributed by atoms with E-state index in [4.69, 9.17) is 0 Å². The quantitative estimate of drug-likeness (QED) is 0.879. The zero-order valence-electron chi connectivity index (χ0n) is 12.0. The van der Waals surface area contributed by atoms with E-state index in [1.165, 1.54) is 44.5 Å². The van der Waals surface area contributed by atoms with Crippen LogP contribution in [0.3, 0.4) is 0 Å². The normalized spacial score (nSPS) is 25.4. The van der Waals surface area contributed by atoms with Crippen molar-refractivity contribution in [2.24, 2.45) is 0 Å². The molecule has 0 saturated carbocycles. The molecule has 4 nitrogen and oxygen atoms in total. The second-order valence-electron chi connectivity index (χ2n) is 6.10. The van der Waals surface area contributed by atoms with Crippen LogP contribution in [-0.2, 0) is 6.54 Å². The lowest BCUT2D eigenvalue weighted by Crippen LogP contribution is -2.41. The molecule has 0 amide bonds. The van der Waals surface area contributed by atoms with Gasteiger partial charge in [-0.25, -0.2) is 4.98 Å². The summed E-state index contributed by atoms with van der Waals surface area (Å²) in [6.45, 7) is 8.27. The van der Waals surface area contributed by atoms with Crippen LogP contribution in [0.2, 0.25) is 0 Å². The van der Waals surface area contributed by atoms with E-state index >= 15 is 0 Å². The van der Waals surface area contributed by atoms with Gasteiger partial charge in [0.05, 0.1) is 6.33 Å². The minimum Gasteiger partial charge on any atom is -0.334 e. The number of likely N-dealkylation sites (tertiary alicyclic amines) is 1. The molecule has 0 aliphatic carbocycles. The number of nitrogens with zero attached hydrogens (tertiary/aromatic N) is 3. The minimum atomic E-state index is 0.691. The van der Waals surface area contributed by atoms with E-state index in [0.29, 0.717) is 5.92 Å². The highest BCUT2D eigenvalue weighted by atomic mass is 15.2. The van der Waals surface area contributed by atoms with Gasteiger partial charge in [0.2, 0.25) is 0 Å². The number of aryl methyl sites for hydroxylation is 1.